The standard InChI is InChI=1S/C20H35N3O3/c1-13(2)10-15(18-16(24)11-20(3,4)12-17(18)25)23-9-7-6-8-14(21)19(26)22-5/h13-14,24H,6-12,21H2,1-5H3,(H,22,26). The Kier molecular flexibility index (Phi) is 8.47. The monoisotopic (exact) mass is 365 g/mol. The van der Waals surface area contributed by atoms with Crippen molar-refractivity contribution in [2.45, 2.75) is 72.3 Å². The van der Waals surface area contributed by atoms with Crippen molar-refractivity contribution in [2.75, 3.05) is 13.6 Å². The van der Waals surface area contributed by atoms with Crippen LogP contribution in [0.5, 0.6) is 0 Å². The van der Waals surface area contributed by atoms with Crippen LogP contribution in [0.3, 0.4) is 0 Å². The minimum absolute atomic E-state index is 0.0141. The number of hydrogen-bond acceptors (Lipinski definition) is 5. The molecule has 1 aliphatic carbocycles. The van der Waals surface area contributed by atoms with E-state index in [0.29, 0.717) is 49.4 Å². The van der Waals surface area contributed by atoms with Crippen LogP contribution >= 0.6 is 0 Å². The van der Waals surface area contributed by atoms with Crippen LogP contribution in [0.25, 0.3) is 0 Å². The van der Waals surface area contributed by atoms with E-state index in [-0.39, 0.29) is 22.9 Å². The van der Waals surface area contributed by atoms with Crippen molar-refractivity contribution >= 4 is 17.4 Å². The maximum Gasteiger partial charge on any atom is 0.236 e. The van der Waals surface area contributed by atoms with Crippen molar-refractivity contribution in [3.8, 4) is 0 Å². The van der Waals surface area contributed by atoms with Gasteiger partial charge in [-0.15, -0.1) is 0 Å². The Balaban J connectivity index is 2.76. The Morgan fingerprint density at radius 1 is 1.31 bits per heavy atom. The minimum Gasteiger partial charge on any atom is -0.511 e. The van der Waals surface area contributed by atoms with Gasteiger partial charge in [-0.1, -0.05) is 27.7 Å². The molecule has 6 nitrogen and oxygen atoms in total. The molecule has 6 heteroatoms. The van der Waals surface area contributed by atoms with Gasteiger partial charge in [0.1, 0.15) is 5.76 Å². The van der Waals surface area contributed by atoms with Crippen LogP contribution in [0.2, 0.25) is 0 Å². The Morgan fingerprint density at radius 2 is 1.96 bits per heavy atom. The van der Waals surface area contributed by atoms with Crippen LogP contribution in [0.1, 0.15) is 66.2 Å². The molecular formula is C20H35N3O3. The summed E-state index contributed by atoms with van der Waals surface area (Å²) in [5.41, 5.74) is 6.72. The SMILES string of the molecule is CNC(=O)C(N)CCCCN=C(CC(C)C)C1=C(O)CC(C)(C)CC1=O. The van der Waals surface area contributed by atoms with E-state index in [1.807, 2.05) is 13.8 Å². The fourth-order valence-corrected chi connectivity index (χ4v) is 3.25. The van der Waals surface area contributed by atoms with Gasteiger partial charge in [0.05, 0.1) is 11.6 Å². The van der Waals surface area contributed by atoms with E-state index in [0.717, 1.165) is 12.8 Å². The summed E-state index contributed by atoms with van der Waals surface area (Å²) in [6.45, 7) is 8.70. The molecule has 0 spiro atoms. The number of nitrogens with one attached hydrogen (secondary N) is 1. The van der Waals surface area contributed by atoms with Crippen molar-refractivity contribution in [1.29, 1.82) is 0 Å². The molecular weight excluding hydrogens is 330 g/mol. The topological polar surface area (TPSA) is 105 Å². The molecule has 1 atom stereocenters. The number of amides is 1. The summed E-state index contributed by atoms with van der Waals surface area (Å²) in [4.78, 5) is 28.6. The molecule has 0 saturated carbocycles. The van der Waals surface area contributed by atoms with Crippen molar-refractivity contribution in [2.24, 2.45) is 22.1 Å². The molecule has 0 aliphatic heterocycles. The second-order valence-corrected chi connectivity index (χ2v) is 8.41. The largest absolute Gasteiger partial charge is 0.511 e. The average molecular weight is 366 g/mol. The molecule has 1 rings (SSSR count). The number of carbonyl (C=O) groups excluding carboxylic acids is 2. The highest BCUT2D eigenvalue weighted by molar-refractivity contribution is 6.23. The Hall–Kier alpha value is -1.69. The molecule has 0 aromatic carbocycles. The Bertz CT molecular complexity index is 577. The number of nitrogens with zero attached hydrogens (tertiary/aromatic N) is 1. The van der Waals surface area contributed by atoms with Crippen molar-refractivity contribution in [3.05, 3.63) is 11.3 Å². The third-order valence-corrected chi connectivity index (χ3v) is 4.55. The molecule has 0 bridgehead atoms. The summed E-state index contributed by atoms with van der Waals surface area (Å²) >= 11 is 0. The van der Waals surface area contributed by atoms with Crippen LogP contribution < -0.4 is 11.1 Å². The van der Waals surface area contributed by atoms with Gasteiger partial charge in [0.2, 0.25) is 5.91 Å². The van der Waals surface area contributed by atoms with Crippen LogP contribution in [-0.4, -0.2) is 42.1 Å². The second-order valence-electron chi connectivity index (χ2n) is 8.41. The number of aliphatic hydroxyl groups excluding tert-OH is 1. The van der Waals surface area contributed by atoms with Gasteiger partial charge in [-0.2, -0.15) is 0 Å². The number of carbonyl (C=O) groups is 2. The molecule has 26 heavy (non-hydrogen) atoms. The quantitative estimate of drug-likeness (QED) is 0.431. The van der Waals surface area contributed by atoms with Gasteiger partial charge < -0.3 is 16.2 Å². The molecule has 0 fully saturated rings. The maximum absolute atomic E-state index is 12.6. The summed E-state index contributed by atoms with van der Waals surface area (Å²) in [6.07, 6.45) is 3.80. The highest BCUT2D eigenvalue weighted by Crippen LogP contribution is 2.36. The fraction of sp³-hybridized carbons (Fsp3) is 0.750. The molecule has 0 saturated heterocycles. The number of aliphatic imine (C=N–C) groups is 1. The third kappa shape index (κ3) is 6.90. The fourth-order valence-electron chi connectivity index (χ4n) is 3.25. The highest BCUT2D eigenvalue weighted by atomic mass is 16.3. The second kappa shape index (κ2) is 9.86. The normalized spacial score (nSPS) is 19.0. The molecule has 148 valence electrons. The smallest absolute Gasteiger partial charge is 0.236 e. The number of Topliss-reactive ketones (excluding diaryl/α,β-unsaturated/α-hetero) is 1. The van der Waals surface area contributed by atoms with Crippen LogP contribution in [0.15, 0.2) is 16.3 Å². The summed E-state index contributed by atoms with van der Waals surface area (Å²) in [6, 6.07) is -0.493. The first-order chi connectivity index (χ1) is 12.1. The van der Waals surface area contributed by atoms with Gasteiger partial charge in [0.15, 0.2) is 5.78 Å². The van der Waals surface area contributed by atoms with Crippen molar-refractivity contribution < 1.29 is 14.7 Å². The zero-order chi connectivity index (χ0) is 19.9. The van der Waals surface area contributed by atoms with Gasteiger partial charge in [-0.25, -0.2) is 0 Å². The molecule has 4 N–H and O–H groups in total. The van der Waals surface area contributed by atoms with Gasteiger partial charge in [-0.3, -0.25) is 14.6 Å². The molecule has 0 aromatic heterocycles. The highest BCUT2D eigenvalue weighted by Gasteiger charge is 2.35. The summed E-state index contributed by atoms with van der Waals surface area (Å²) < 4.78 is 0. The number of likely N-dealkylation sites (N-methyl/N-ethyl adjacent to an activating group) is 1. The first kappa shape index (κ1) is 22.4. The minimum atomic E-state index is -0.493. The summed E-state index contributed by atoms with van der Waals surface area (Å²) in [5.74, 6) is 0.352. The van der Waals surface area contributed by atoms with Gasteiger partial charge in [0, 0.05) is 32.1 Å². The van der Waals surface area contributed by atoms with Gasteiger partial charge in [-0.05, 0) is 37.0 Å². The van der Waals surface area contributed by atoms with Crippen molar-refractivity contribution in [3.63, 3.8) is 0 Å². The van der Waals surface area contributed by atoms with Gasteiger partial charge in [0.25, 0.3) is 0 Å². The van der Waals surface area contributed by atoms with E-state index in [2.05, 4.69) is 24.2 Å². The van der Waals surface area contributed by atoms with E-state index in [1.165, 1.54) is 0 Å². The lowest BCUT2D eigenvalue weighted by Gasteiger charge is -2.30. The number of ketones is 1. The zero-order valence-electron chi connectivity index (χ0n) is 16.9. The van der Waals surface area contributed by atoms with Crippen LogP contribution in [0.4, 0.5) is 0 Å². The number of hydrogen-bond donors (Lipinski definition) is 3. The lowest BCUT2D eigenvalue weighted by atomic mass is 9.75. The first-order valence-corrected chi connectivity index (χ1v) is 9.53. The van der Waals surface area contributed by atoms with Crippen LogP contribution in [0, 0.1) is 11.3 Å². The number of aliphatic hydroxyl groups is 1. The zero-order valence-corrected chi connectivity index (χ0v) is 16.9. The lowest BCUT2D eigenvalue weighted by Crippen LogP contribution is -2.38. The number of nitrogens with two attached hydrogens (primary N) is 1. The molecule has 1 amide bonds. The van der Waals surface area contributed by atoms with E-state index in [9.17, 15) is 14.7 Å². The number of allylic oxidation sites excluding steroid dienone is 2. The third-order valence-electron chi connectivity index (χ3n) is 4.55. The Morgan fingerprint density at radius 3 is 2.50 bits per heavy atom. The molecule has 0 aromatic rings. The number of unbranched alkanes of at least 4 members (excludes halogenated alkanes) is 1. The molecule has 1 aliphatic rings. The van der Waals surface area contributed by atoms with E-state index >= 15 is 0 Å². The molecule has 0 radical (unpaired) electrons. The van der Waals surface area contributed by atoms with Crippen molar-refractivity contribution in [1.82, 2.24) is 5.32 Å². The van der Waals surface area contributed by atoms with Crippen LogP contribution in [-0.2, 0) is 9.59 Å². The number of rotatable bonds is 9. The van der Waals surface area contributed by atoms with E-state index in [1.54, 1.807) is 7.05 Å². The summed E-state index contributed by atoms with van der Waals surface area (Å²) in [5, 5.41) is 13.0. The molecule has 1 unspecified atom stereocenters. The van der Waals surface area contributed by atoms with E-state index in [4.69, 9.17) is 5.73 Å². The predicted octanol–water partition coefficient (Wildman–Crippen LogP) is 2.92. The first-order valence-electron chi connectivity index (χ1n) is 9.53. The van der Waals surface area contributed by atoms with E-state index < -0.39 is 6.04 Å². The summed E-state index contributed by atoms with van der Waals surface area (Å²) in [7, 11) is 1.58. The predicted molar refractivity (Wildman–Crippen MR) is 105 cm³/mol. The Labute approximate surface area is 157 Å². The van der Waals surface area contributed by atoms with Gasteiger partial charge >= 0.3 is 0 Å². The maximum atomic E-state index is 12.6. The lowest BCUT2D eigenvalue weighted by molar-refractivity contribution is -0.122. The molecule has 0 heterocycles. The average Bonchev–Trinajstić information content (AvgIpc) is 2.50.